The molecule has 0 spiro atoms. The SMILES string of the molecule is Cc1ccc(-n2nc(C)c(NC(=O)c3ccc(Br)o3)c2C)cc1. The molecule has 1 aromatic carbocycles. The predicted molar refractivity (Wildman–Crippen MR) is 92.1 cm³/mol. The summed E-state index contributed by atoms with van der Waals surface area (Å²) in [6, 6.07) is 11.4. The van der Waals surface area contributed by atoms with Crippen molar-refractivity contribution >= 4 is 27.5 Å². The Labute approximate surface area is 142 Å². The number of nitrogens with one attached hydrogen (secondary N) is 1. The van der Waals surface area contributed by atoms with Crippen LogP contribution in [0.5, 0.6) is 0 Å². The molecule has 1 amide bonds. The van der Waals surface area contributed by atoms with Crippen molar-refractivity contribution in [2.75, 3.05) is 5.32 Å². The highest BCUT2D eigenvalue weighted by molar-refractivity contribution is 9.10. The van der Waals surface area contributed by atoms with E-state index in [0.717, 1.165) is 17.1 Å². The molecule has 1 N–H and O–H groups in total. The topological polar surface area (TPSA) is 60.1 Å². The van der Waals surface area contributed by atoms with Crippen LogP contribution in [-0.2, 0) is 0 Å². The molecular weight excluding hydrogens is 358 g/mol. The lowest BCUT2D eigenvalue weighted by Gasteiger charge is -2.06. The van der Waals surface area contributed by atoms with Gasteiger partial charge in [-0.25, -0.2) is 4.68 Å². The van der Waals surface area contributed by atoms with Gasteiger partial charge in [-0.1, -0.05) is 17.7 Å². The third-order valence-corrected chi connectivity index (χ3v) is 4.03. The lowest BCUT2D eigenvalue weighted by molar-refractivity contribution is 0.0995. The smallest absolute Gasteiger partial charge is 0.291 e. The fourth-order valence-electron chi connectivity index (χ4n) is 2.37. The van der Waals surface area contributed by atoms with Gasteiger partial charge in [0.2, 0.25) is 0 Å². The third kappa shape index (κ3) is 3.07. The van der Waals surface area contributed by atoms with Crippen LogP contribution in [0.4, 0.5) is 5.69 Å². The van der Waals surface area contributed by atoms with Crippen molar-refractivity contribution in [2.45, 2.75) is 20.8 Å². The number of aromatic nitrogens is 2. The Bertz CT molecular complexity index is 863. The van der Waals surface area contributed by atoms with Crippen molar-refractivity contribution in [1.82, 2.24) is 9.78 Å². The number of carbonyl (C=O) groups excluding carboxylic acids is 1. The number of furan rings is 1. The minimum atomic E-state index is -0.301. The Morgan fingerprint density at radius 2 is 1.83 bits per heavy atom. The highest BCUT2D eigenvalue weighted by Gasteiger charge is 2.18. The van der Waals surface area contributed by atoms with Crippen molar-refractivity contribution in [3.63, 3.8) is 0 Å². The maximum atomic E-state index is 12.3. The van der Waals surface area contributed by atoms with Gasteiger partial charge in [-0.3, -0.25) is 4.79 Å². The van der Waals surface area contributed by atoms with Crippen LogP contribution in [0.1, 0.15) is 27.5 Å². The van der Waals surface area contributed by atoms with E-state index in [1.807, 2.05) is 49.7 Å². The molecule has 2 heterocycles. The standard InChI is InChI=1S/C17H16BrN3O2/c1-10-4-6-13(7-5-10)21-12(3)16(11(2)20-21)19-17(22)14-8-9-15(18)23-14/h4-9H,1-3H3,(H,19,22). The van der Waals surface area contributed by atoms with Crippen LogP contribution in [0.25, 0.3) is 5.69 Å². The summed E-state index contributed by atoms with van der Waals surface area (Å²) in [5, 5.41) is 7.40. The van der Waals surface area contributed by atoms with Gasteiger partial charge < -0.3 is 9.73 Å². The van der Waals surface area contributed by atoms with Crippen LogP contribution in [0.3, 0.4) is 0 Å². The summed E-state index contributed by atoms with van der Waals surface area (Å²) >= 11 is 3.19. The first-order valence-corrected chi connectivity index (χ1v) is 7.95. The van der Waals surface area contributed by atoms with E-state index in [4.69, 9.17) is 4.42 Å². The summed E-state index contributed by atoms with van der Waals surface area (Å²) in [4.78, 5) is 12.3. The average molecular weight is 374 g/mol. The number of aryl methyl sites for hydroxylation is 2. The number of hydrogen-bond donors (Lipinski definition) is 1. The number of amides is 1. The van der Waals surface area contributed by atoms with Crippen molar-refractivity contribution in [1.29, 1.82) is 0 Å². The van der Waals surface area contributed by atoms with E-state index in [1.54, 1.807) is 12.1 Å². The second kappa shape index (κ2) is 6.04. The maximum absolute atomic E-state index is 12.3. The van der Waals surface area contributed by atoms with E-state index in [9.17, 15) is 4.79 Å². The zero-order chi connectivity index (χ0) is 16.6. The summed E-state index contributed by atoms with van der Waals surface area (Å²) in [6.45, 7) is 5.83. The van der Waals surface area contributed by atoms with Gasteiger partial charge in [-0.15, -0.1) is 0 Å². The lowest BCUT2D eigenvalue weighted by Crippen LogP contribution is -2.12. The molecule has 0 unspecified atom stereocenters. The van der Waals surface area contributed by atoms with E-state index in [2.05, 4.69) is 26.3 Å². The Balaban J connectivity index is 1.92. The molecule has 0 saturated carbocycles. The second-order valence-electron chi connectivity index (χ2n) is 5.35. The van der Waals surface area contributed by atoms with E-state index in [1.165, 1.54) is 5.56 Å². The molecule has 0 aliphatic carbocycles. The number of rotatable bonds is 3. The van der Waals surface area contributed by atoms with E-state index in [-0.39, 0.29) is 11.7 Å². The Hall–Kier alpha value is -2.34. The molecular formula is C17H16BrN3O2. The zero-order valence-electron chi connectivity index (χ0n) is 13.1. The van der Waals surface area contributed by atoms with Crippen molar-refractivity contribution in [2.24, 2.45) is 0 Å². The van der Waals surface area contributed by atoms with Crippen molar-refractivity contribution in [3.05, 3.63) is 63.8 Å². The number of halogens is 1. The second-order valence-corrected chi connectivity index (χ2v) is 6.13. The summed E-state index contributed by atoms with van der Waals surface area (Å²) in [5.41, 5.74) is 4.46. The summed E-state index contributed by atoms with van der Waals surface area (Å²) in [6.07, 6.45) is 0. The third-order valence-electron chi connectivity index (χ3n) is 3.61. The molecule has 0 aliphatic rings. The molecule has 6 heteroatoms. The van der Waals surface area contributed by atoms with Gasteiger partial charge in [-0.2, -0.15) is 5.10 Å². The number of nitrogens with zero attached hydrogens (tertiary/aromatic N) is 2. The van der Waals surface area contributed by atoms with E-state index >= 15 is 0 Å². The van der Waals surface area contributed by atoms with Gasteiger partial charge in [0.15, 0.2) is 10.4 Å². The molecule has 0 radical (unpaired) electrons. The fourth-order valence-corrected chi connectivity index (χ4v) is 2.68. The maximum Gasteiger partial charge on any atom is 0.291 e. The minimum Gasteiger partial charge on any atom is -0.444 e. The van der Waals surface area contributed by atoms with Gasteiger partial charge >= 0.3 is 0 Å². The molecule has 5 nitrogen and oxygen atoms in total. The number of carbonyl (C=O) groups is 1. The van der Waals surface area contributed by atoms with Gasteiger partial charge in [0, 0.05) is 0 Å². The highest BCUT2D eigenvalue weighted by Crippen LogP contribution is 2.24. The number of benzene rings is 1. The van der Waals surface area contributed by atoms with Crippen molar-refractivity contribution in [3.8, 4) is 5.69 Å². The molecule has 0 saturated heterocycles. The minimum absolute atomic E-state index is 0.249. The first-order valence-electron chi connectivity index (χ1n) is 7.15. The Morgan fingerprint density at radius 3 is 2.43 bits per heavy atom. The summed E-state index contributed by atoms with van der Waals surface area (Å²) in [7, 11) is 0. The van der Waals surface area contributed by atoms with E-state index < -0.39 is 0 Å². The van der Waals surface area contributed by atoms with Crippen LogP contribution in [0.2, 0.25) is 0 Å². The molecule has 0 bridgehead atoms. The van der Waals surface area contributed by atoms with Crippen LogP contribution >= 0.6 is 15.9 Å². The zero-order valence-corrected chi connectivity index (χ0v) is 14.6. The lowest BCUT2D eigenvalue weighted by atomic mass is 10.2. The first kappa shape index (κ1) is 15.6. The van der Waals surface area contributed by atoms with Crippen LogP contribution in [-0.4, -0.2) is 15.7 Å². The monoisotopic (exact) mass is 373 g/mol. The van der Waals surface area contributed by atoms with Gasteiger partial charge in [0.25, 0.3) is 5.91 Å². The van der Waals surface area contributed by atoms with Gasteiger partial charge in [-0.05, 0) is 61.0 Å². The largest absolute Gasteiger partial charge is 0.444 e. The molecule has 2 aromatic heterocycles. The molecule has 118 valence electrons. The summed E-state index contributed by atoms with van der Waals surface area (Å²) in [5.74, 6) is -0.0517. The van der Waals surface area contributed by atoms with Crippen molar-refractivity contribution < 1.29 is 9.21 Å². The van der Waals surface area contributed by atoms with Crippen LogP contribution < -0.4 is 5.32 Å². The Morgan fingerprint density at radius 1 is 1.13 bits per heavy atom. The van der Waals surface area contributed by atoms with Crippen LogP contribution in [0.15, 0.2) is 45.5 Å². The molecule has 0 atom stereocenters. The number of hydrogen-bond acceptors (Lipinski definition) is 3. The number of anilines is 1. The fraction of sp³-hybridized carbons (Fsp3) is 0.176. The average Bonchev–Trinajstić information content (AvgIpc) is 3.07. The molecule has 0 fully saturated rings. The van der Waals surface area contributed by atoms with Crippen LogP contribution in [0, 0.1) is 20.8 Å². The Kier molecular flexibility index (Phi) is 4.09. The summed E-state index contributed by atoms with van der Waals surface area (Å²) < 4.78 is 7.62. The molecule has 3 aromatic rings. The molecule has 23 heavy (non-hydrogen) atoms. The molecule has 0 aliphatic heterocycles. The van der Waals surface area contributed by atoms with Gasteiger partial charge in [0.1, 0.15) is 0 Å². The normalized spacial score (nSPS) is 10.8. The highest BCUT2D eigenvalue weighted by atomic mass is 79.9. The predicted octanol–water partition coefficient (Wildman–Crippen LogP) is 4.41. The molecule has 3 rings (SSSR count). The quantitative estimate of drug-likeness (QED) is 0.739. The van der Waals surface area contributed by atoms with E-state index in [0.29, 0.717) is 10.4 Å². The first-order chi connectivity index (χ1) is 11.0. The van der Waals surface area contributed by atoms with Gasteiger partial charge in [0.05, 0.1) is 22.8 Å².